The van der Waals surface area contributed by atoms with Gasteiger partial charge in [-0.25, -0.2) is 4.68 Å². The Kier molecular flexibility index (Phi) is 3.58. The van der Waals surface area contributed by atoms with Gasteiger partial charge in [-0.2, -0.15) is 0 Å². The second-order valence-corrected chi connectivity index (χ2v) is 5.32. The summed E-state index contributed by atoms with van der Waals surface area (Å²) in [4.78, 5) is 0. The van der Waals surface area contributed by atoms with Crippen molar-refractivity contribution in [2.24, 2.45) is 0 Å². The molecule has 20 heavy (non-hydrogen) atoms. The van der Waals surface area contributed by atoms with Crippen LogP contribution in [0.15, 0.2) is 10.5 Å². The smallest absolute Gasteiger partial charge is 0.118 e. The molecule has 3 heterocycles. The molecule has 3 rings (SSSR count). The van der Waals surface area contributed by atoms with Crippen molar-refractivity contribution < 1.29 is 9.15 Å². The molecule has 0 saturated heterocycles. The minimum atomic E-state index is 0.126. The van der Waals surface area contributed by atoms with E-state index in [9.17, 15) is 0 Å². The van der Waals surface area contributed by atoms with Crippen LogP contribution in [-0.2, 0) is 24.4 Å². The molecule has 0 fully saturated rings. The summed E-state index contributed by atoms with van der Waals surface area (Å²) < 4.78 is 13.4. The second kappa shape index (κ2) is 5.38. The maximum atomic E-state index is 5.82. The molecule has 0 aliphatic carbocycles. The van der Waals surface area contributed by atoms with Crippen molar-refractivity contribution >= 4 is 0 Å². The third-order valence-corrected chi connectivity index (χ3v) is 3.75. The van der Waals surface area contributed by atoms with Gasteiger partial charge in [0.2, 0.25) is 0 Å². The Morgan fingerprint density at radius 2 is 2.25 bits per heavy atom. The molecular weight excluding hydrogens is 256 g/mol. The predicted octanol–water partition coefficient (Wildman–Crippen LogP) is 1.48. The van der Waals surface area contributed by atoms with Gasteiger partial charge in [0.15, 0.2) is 0 Å². The molecule has 0 bridgehead atoms. The fraction of sp³-hybridized carbons (Fsp3) is 0.571. The summed E-state index contributed by atoms with van der Waals surface area (Å²) in [5, 5.41) is 11.6. The van der Waals surface area contributed by atoms with Gasteiger partial charge in [-0.05, 0) is 32.4 Å². The van der Waals surface area contributed by atoms with Crippen LogP contribution in [0.25, 0.3) is 0 Å². The van der Waals surface area contributed by atoms with Crippen molar-refractivity contribution in [2.75, 3.05) is 6.54 Å². The van der Waals surface area contributed by atoms with Crippen LogP contribution in [0.3, 0.4) is 0 Å². The van der Waals surface area contributed by atoms with E-state index in [1.807, 2.05) is 18.5 Å². The molecule has 0 amide bonds. The van der Waals surface area contributed by atoms with E-state index < -0.39 is 0 Å². The van der Waals surface area contributed by atoms with Gasteiger partial charge >= 0.3 is 0 Å². The normalized spacial score (nSPS) is 18.2. The fourth-order valence-electron chi connectivity index (χ4n) is 2.40. The Morgan fingerprint density at radius 3 is 3.00 bits per heavy atom. The van der Waals surface area contributed by atoms with E-state index in [0.29, 0.717) is 6.61 Å². The van der Waals surface area contributed by atoms with E-state index in [4.69, 9.17) is 9.15 Å². The second-order valence-electron chi connectivity index (χ2n) is 5.32. The molecule has 1 N–H and O–H groups in total. The first-order valence-corrected chi connectivity index (χ1v) is 6.90. The van der Waals surface area contributed by atoms with Crippen LogP contribution in [0.2, 0.25) is 0 Å². The zero-order valence-electron chi connectivity index (χ0n) is 12.1. The summed E-state index contributed by atoms with van der Waals surface area (Å²) in [5.41, 5.74) is 3.23. The van der Waals surface area contributed by atoms with Gasteiger partial charge in [0.25, 0.3) is 0 Å². The summed E-state index contributed by atoms with van der Waals surface area (Å²) in [6, 6.07) is 2.07. The largest absolute Gasteiger partial charge is 0.465 e. The van der Waals surface area contributed by atoms with Gasteiger partial charge in [-0.15, -0.1) is 5.10 Å². The molecule has 0 unspecified atom stereocenters. The predicted molar refractivity (Wildman–Crippen MR) is 73.2 cm³/mol. The highest BCUT2D eigenvalue weighted by Gasteiger charge is 2.21. The molecule has 1 aliphatic rings. The summed E-state index contributed by atoms with van der Waals surface area (Å²) in [7, 11) is 0. The molecule has 6 nitrogen and oxygen atoms in total. The number of ether oxygens (including phenoxy) is 1. The molecule has 2 aromatic heterocycles. The number of rotatable bonds is 4. The van der Waals surface area contributed by atoms with Crippen LogP contribution < -0.4 is 5.32 Å². The fourth-order valence-corrected chi connectivity index (χ4v) is 2.40. The van der Waals surface area contributed by atoms with Crippen LogP contribution in [0.1, 0.15) is 28.5 Å². The van der Waals surface area contributed by atoms with Crippen LogP contribution in [-0.4, -0.2) is 27.6 Å². The van der Waals surface area contributed by atoms with Crippen LogP contribution in [0, 0.1) is 20.8 Å². The van der Waals surface area contributed by atoms with Gasteiger partial charge in [-0.1, -0.05) is 5.21 Å². The van der Waals surface area contributed by atoms with Crippen LogP contribution in [0.4, 0.5) is 0 Å². The molecule has 0 radical (unpaired) electrons. The van der Waals surface area contributed by atoms with Crippen molar-refractivity contribution in [3.05, 3.63) is 34.5 Å². The zero-order valence-corrected chi connectivity index (χ0v) is 12.1. The monoisotopic (exact) mass is 276 g/mol. The summed E-state index contributed by atoms with van der Waals surface area (Å²) >= 11 is 0. The average Bonchev–Trinajstić information content (AvgIpc) is 2.94. The summed E-state index contributed by atoms with van der Waals surface area (Å²) in [5.74, 6) is 1.95. The number of hydrogen-bond donors (Lipinski definition) is 1. The lowest BCUT2D eigenvalue weighted by molar-refractivity contribution is 0.000499. The summed E-state index contributed by atoms with van der Waals surface area (Å²) in [6.45, 7) is 8.83. The minimum Gasteiger partial charge on any atom is -0.465 e. The van der Waals surface area contributed by atoms with Gasteiger partial charge in [0.1, 0.15) is 11.5 Å². The Hall–Kier alpha value is -1.66. The third-order valence-electron chi connectivity index (χ3n) is 3.75. The van der Waals surface area contributed by atoms with E-state index in [2.05, 4.69) is 28.6 Å². The molecule has 108 valence electrons. The maximum Gasteiger partial charge on any atom is 0.118 e. The number of furan rings is 1. The van der Waals surface area contributed by atoms with E-state index in [-0.39, 0.29) is 6.10 Å². The number of aryl methyl sites for hydroxylation is 3. The van der Waals surface area contributed by atoms with Gasteiger partial charge in [0, 0.05) is 6.54 Å². The molecule has 0 spiro atoms. The van der Waals surface area contributed by atoms with E-state index in [1.165, 1.54) is 5.56 Å². The molecule has 0 aromatic carbocycles. The lowest BCUT2D eigenvalue weighted by Gasteiger charge is -2.24. The van der Waals surface area contributed by atoms with Gasteiger partial charge in [0.05, 0.1) is 37.2 Å². The van der Waals surface area contributed by atoms with E-state index in [1.54, 1.807) is 0 Å². The summed E-state index contributed by atoms with van der Waals surface area (Å²) in [6.07, 6.45) is 0.126. The number of nitrogens with one attached hydrogen (secondary N) is 1. The highest BCUT2D eigenvalue weighted by Crippen LogP contribution is 2.15. The topological polar surface area (TPSA) is 65.1 Å². The van der Waals surface area contributed by atoms with Crippen LogP contribution in [0.5, 0.6) is 0 Å². The molecule has 6 heteroatoms. The quantitative estimate of drug-likeness (QED) is 0.916. The Morgan fingerprint density at radius 1 is 1.40 bits per heavy atom. The Labute approximate surface area is 118 Å². The van der Waals surface area contributed by atoms with Gasteiger partial charge in [-0.3, -0.25) is 0 Å². The highest BCUT2D eigenvalue weighted by atomic mass is 16.5. The molecule has 0 saturated carbocycles. The highest BCUT2D eigenvalue weighted by molar-refractivity contribution is 5.18. The first-order chi connectivity index (χ1) is 9.63. The number of nitrogens with zero attached hydrogens (tertiary/aromatic N) is 3. The zero-order chi connectivity index (χ0) is 14.1. The standard InChI is InChI=1S/C14H20N4O2/c1-9-4-12(20-11(9)3)5-15-6-13-7-18-14(8-19-13)10(2)16-17-18/h4,13,15H,5-8H2,1-3H3/t13-/m1/s1. The number of aromatic nitrogens is 3. The van der Waals surface area contributed by atoms with E-state index >= 15 is 0 Å². The van der Waals surface area contributed by atoms with Crippen molar-refractivity contribution in [1.29, 1.82) is 0 Å². The van der Waals surface area contributed by atoms with Crippen molar-refractivity contribution in [2.45, 2.75) is 46.6 Å². The lowest BCUT2D eigenvalue weighted by atomic mass is 10.2. The number of hydrogen-bond acceptors (Lipinski definition) is 5. The first kappa shape index (κ1) is 13.3. The van der Waals surface area contributed by atoms with Crippen molar-refractivity contribution in [3.63, 3.8) is 0 Å². The lowest BCUT2D eigenvalue weighted by Crippen LogP contribution is -2.36. The first-order valence-electron chi connectivity index (χ1n) is 6.90. The molecule has 1 atom stereocenters. The van der Waals surface area contributed by atoms with E-state index in [0.717, 1.165) is 42.5 Å². The molecule has 1 aliphatic heterocycles. The average molecular weight is 276 g/mol. The molecular formula is C14H20N4O2. The Bertz CT molecular complexity index is 583. The number of fused-ring (bicyclic) bond motifs is 1. The maximum absolute atomic E-state index is 5.82. The SMILES string of the molecule is Cc1cc(CNC[C@@H]2Cn3nnc(C)c3CO2)oc1C. The minimum absolute atomic E-state index is 0.126. The van der Waals surface area contributed by atoms with Crippen LogP contribution >= 0.6 is 0 Å². The van der Waals surface area contributed by atoms with Crippen molar-refractivity contribution in [3.8, 4) is 0 Å². The molecule has 2 aromatic rings. The Balaban J connectivity index is 1.50. The van der Waals surface area contributed by atoms with Crippen molar-refractivity contribution in [1.82, 2.24) is 20.3 Å². The third kappa shape index (κ3) is 2.62. The van der Waals surface area contributed by atoms with Gasteiger partial charge < -0.3 is 14.5 Å².